The van der Waals surface area contributed by atoms with Crippen LogP contribution in [0, 0.1) is 0 Å². The Morgan fingerprint density at radius 2 is 2.35 bits per heavy atom. The summed E-state index contributed by atoms with van der Waals surface area (Å²) < 4.78 is 4.98. The standard InChI is InChI=1S/C13H18N2O2/c1-17-9-7-14-11-4-2-5-12(10-11)15-8-3-6-13(15)16/h2,4-5,10,14H,3,6-9H2,1H3. The van der Waals surface area contributed by atoms with Crippen molar-refractivity contribution in [2.24, 2.45) is 0 Å². The van der Waals surface area contributed by atoms with Gasteiger partial charge in [0.2, 0.25) is 5.91 Å². The first-order chi connectivity index (χ1) is 8.31. The summed E-state index contributed by atoms with van der Waals surface area (Å²) in [6, 6.07) is 7.96. The highest BCUT2D eigenvalue weighted by molar-refractivity contribution is 5.95. The Morgan fingerprint density at radius 1 is 1.47 bits per heavy atom. The maximum atomic E-state index is 11.6. The van der Waals surface area contributed by atoms with Crippen LogP contribution in [-0.4, -0.2) is 32.7 Å². The van der Waals surface area contributed by atoms with Crippen LogP contribution in [0.3, 0.4) is 0 Å². The van der Waals surface area contributed by atoms with Gasteiger partial charge in [-0.2, -0.15) is 0 Å². The van der Waals surface area contributed by atoms with Gasteiger partial charge in [0, 0.05) is 38.0 Å². The maximum Gasteiger partial charge on any atom is 0.227 e. The van der Waals surface area contributed by atoms with Crippen LogP contribution < -0.4 is 10.2 Å². The zero-order valence-corrected chi connectivity index (χ0v) is 10.1. The van der Waals surface area contributed by atoms with Crippen LogP contribution in [-0.2, 0) is 9.53 Å². The molecule has 1 aliphatic heterocycles. The summed E-state index contributed by atoms with van der Waals surface area (Å²) in [6.07, 6.45) is 1.63. The lowest BCUT2D eigenvalue weighted by Gasteiger charge is -2.17. The van der Waals surface area contributed by atoms with Gasteiger partial charge in [-0.05, 0) is 24.6 Å². The van der Waals surface area contributed by atoms with Gasteiger partial charge >= 0.3 is 0 Å². The van der Waals surface area contributed by atoms with E-state index in [0.717, 1.165) is 30.9 Å². The van der Waals surface area contributed by atoms with E-state index in [-0.39, 0.29) is 5.91 Å². The lowest BCUT2D eigenvalue weighted by molar-refractivity contribution is -0.117. The average molecular weight is 234 g/mol. The van der Waals surface area contributed by atoms with Crippen molar-refractivity contribution in [1.29, 1.82) is 0 Å². The molecular weight excluding hydrogens is 216 g/mol. The Kier molecular flexibility index (Phi) is 3.98. The molecule has 1 aromatic carbocycles. The molecular formula is C13H18N2O2. The molecule has 0 aliphatic carbocycles. The number of rotatable bonds is 5. The molecule has 1 fully saturated rings. The monoisotopic (exact) mass is 234 g/mol. The van der Waals surface area contributed by atoms with E-state index in [1.54, 1.807) is 7.11 Å². The number of hydrogen-bond donors (Lipinski definition) is 1. The molecule has 1 saturated heterocycles. The summed E-state index contributed by atoms with van der Waals surface area (Å²) >= 11 is 0. The van der Waals surface area contributed by atoms with E-state index in [0.29, 0.717) is 13.0 Å². The zero-order valence-electron chi connectivity index (χ0n) is 10.1. The van der Waals surface area contributed by atoms with E-state index in [4.69, 9.17) is 4.74 Å². The molecule has 0 unspecified atom stereocenters. The zero-order chi connectivity index (χ0) is 12.1. The fraction of sp³-hybridized carbons (Fsp3) is 0.462. The Bertz CT molecular complexity index is 393. The predicted octanol–water partition coefficient (Wildman–Crippen LogP) is 1.87. The number of hydrogen-bond acceptors (Lipinski definition) is 3. The smallest absolute Gasteiger partial charge is 0.227 e. The molecule has 2 rings (SSSR count). The Hall–Kier alpha value is -1.55. The molecule has 92 valence electrons. The van der Waals surface area contributed by atoms with Gasteiger partial charge in [0.25, 0.3) is 0 Å². The maximum absolute atomic E-state index is 11.6. The first-order valence-corrected chi connectivity index (χ1v) is 5.94. The number of amides is 1. The highest BCUT2D eigenvalue weighted by atomic mass is 16.5. The van der Waals surface area contributed by atoms with E-state index in [9.17, 15) is 4.79 Å². The average Bonchev–Trinajstić information content (AvgIpc) is 2.76. The lowest BCUT2D eigenvalue weighted by atomic mass is 10.2. The van der Waals surface area contributed by atoms with Crippen molar-refractivity contribution in [1.82, 2.24) is 0 Å². The van der Waals surface area contributed by atoms with Crippen LogP contribution in [0.15, 0.2) is 24.3 Å². The van der Waals surface area contributed by atoms with E-state index in [1.165, 1.54) is 0 Å². The largest absolute Gasteiger partial charge is 0.383 e. The van der Waals surface area contributed by atoms with Gasteiger partial charge in [-0.1, -0.05) is 6.07 Å². The highest BCUT2D eigenvalue weighted by Gasteiger charge is 2.21. The molecule has 1 N–H and O–H groups in total. The number of carbonyl (C=O) groups excluding carboxylic acids is 1. The second-order valence-corrected chi connectivity index (χ2v) is 4.12. The first-order valence-electron chi connectivity index (χ1n) is 5.94. The van der Waals surface area contributed by atoms with Gasteiger partial charge < -0.3 is 15.0 Å². The van der Waals surface area contributed by atoms with Gasteiger partial charge in [0.15, 0.2) is 0 Å². The Balaban J connectivity index is 2.03. The van der Waals surface area contributed by atoms with Crippen LogP contribution >= 0.6 is 0 Å². The van der Waals surface area contributed by atoms with Crippen molar-refractivity contribution < 1.29 is 9.53 Å². The number of nitrogens with one attached hydrogen (secondary N) is 1. The number of benzene rings is 1. The van der Waals surface area contributed by atoms with Gasteiger partial charge in [-0.15, -0.1) is 0 Å². The Morgan fingerprint density at radius 3 is 3.06 bits per heavy atom. The summed E-state index contributed by atoms with van der Waals surface area (Å²) in [5.41, 5.74) is 2.01. The van der Waals surface area contributed by atoms with Crippen molar-refractivity contribution in [3.05, 3.63) is 24.3 Å². The van der Waals surface area contributed by atoms with E-state index in [1.807, 2.05) is 29.2 Å². The molecule has 1 aromatic rings. The van der Waals surface area contributed by atoms with Crippen LogP contribution in [0.25, 0.3) is 0 Å². The van der Waals surface area contributed by atoms with Gasteiger partial charge in [0.05, 0.1) is 6.61 Å². The van der Waals surface area contributed by atoms with E-state index < -0.39 is 0 Å². The Labute approximate surface area is 102 Å². The molecule has 4 nitrogen and oxygen atoms in total. The summed E-state index contributed by atoms with van der Waals surface area (Å²) in [4.78, 5) is 13.5. The molecule has 4 heteroatoms. The van der Waals surface area contributed by atoms with Crippen molar-refractivity contribution in [3.8, 4) is 0 Å². The second kappa shape index (κ2) is 5.68. The van der Waals surface area contributed by atoms with Crippen molar-refractivity contribution >= 4 is 17.3 Å². The normalized spacial score (nSPS) is 15.4. The second-order valence-electron chi connectivity index (χ2n) is 4.12. The topological polar surface area (TPSA) is 41.6 Å². The van der Waals surface area contributed by atoms with E-state index >= 15 is 0 Å². The molecule has 0 spiro atoms. The third-order valence-electron chi connectivity index (χ3n) is 2.87. The molecule has 0 saturated carbocycles. The number of carbonyl (C=O) groups is 1. The molecule has 0 bridgehead atoms. The van der Waals surface area contributed by atoms with Crippen molar-refractivity contribution in [3.63, 3.8) is 0 Å². The van der Waals surface area contributed by atoms with Crippen LogP contribution in [0.1, 0.15) is 12.8 Å². The van der Waals surface area contributed by atoms with Crippen molar-refractivity contribution in [2.75, 3.05) is 37.0 Å². The fourth-order valence-corrected chi connectivity index (χ4v) is 2.00. The molecule has 0 radical (unpaired) electrons. The van der Waals surface area contributed by atoms with Gasteiger partial charge in [-0.25, -0.2) is 0 Å². The third-order valence-corrected chi connectivity index (χ3v) is 2.87. The first kappa shape index (κ1) is 11.9. The number of anilines is 2. The van der Waals surface area contributed by atoms with Crippen LogP contribution in [0.5, 0.6) is 0 Å². The molecule has 17 heavy (non-hydrogen) atoms. The summed E-state index contributed by atoms with van der Waals surface area (Å²) in [6.45, 7) is 2.28. The molecule has 1 aliphatic rings. The minimum atomic E-state index is 0.221. The molecule has 0 aromatic heterocycles. The summed E-state index contributed by atoms with van der Waals surface area (Å²) in [5.74, 6) is 0.221. The van der Waals surface area contributed by atoms with E-state index in [2.05, 4.69) is 5.32 Å². The van der Waals surface area contributed by atoms with Crippen LogP contribution in [0.2, 0.25) is 0 Å². The quantitative estimate of drug-likeness (QED) is 0.791. The minimum absolute atomic E-state index is 0.221. The molecule has 1 heterocycles. The molecule has 0 atom stereocenters. The number of nitrogens with zero attached hydrogens (tertiary/aromatic N) is 1. The number of ether oxygens (including phenoxy) is 1. The highest BCUT2D eigenvalue weighted by Crippen LogP contribution is 2.23. The third kappa shape index (κ3) is 2.97. The number of methoxy groups -OCH3 is 1. The van der Waals surface area contributed by atoms with Gasteiger partial charge in [0.1, 0.15) is 0 Å². The minimum Gasteiger partial charge on any atom is -0.383 e. The lowest BCUT2D eigenvalue weighted by Crippen LogP contribution is -2.23. The molecule has 1 amide bonds. The fourth-order valence-electron chi connectivity index (χ4n) is 2.00. The van der Waals surface area contributed by atoms with Crippen LogP contribution in [0.4, 0.5) is 11.4 Å². The predicted molar refractivity (Wildman–Crippen MR) is 68.4 cm³/mol. The summed E-state index contributed by atoms with van der Waals surface area (Å²) in [5, 5.41) is 3.26. The summed E-state index contributed by atoms with van der Waals surface area (Å²) in [7, 11) is 1.68. The SMILES string of the molecule is COCCNc1cccc(N2CCCC2=O)c1. The van der Waals surface area contributed by atoms with Gasteiger partial charge in [-0.3, -0.25) is 4.79 Å². The van der Waals surface area contributed by atoms with Crippen molar-refractivity contribution in [2.45, 2.75) is 12.8 Å².